The van der Waals surface area contributed by atoms with Crippen molar-refractivity contribution in [1.29, 1.82) is 0 Å². The van der Waals surface area contributed by atoms with Crippen molar-refractivity contribution in [2.45, 2.75) is 38.6 Å². The van der Waals surface area contributed by atoms with Crippen LogP contribution in [0.4, 0.5) is 16.0 Å². The van der Waals surface area contributed by atoms with E-state index in [1.807, 2.05) is 25.1 Å². The Hall–Kier alpha value is -3.39. The Morgan fingerprint density at radius 2 is 2.03 bits per heavy atom. The molecule has 9 heteroatoms. The Bertz CT molecular complexity index is 1150. The van der Waals surface area contributed by atoms with Crippen molar-refractivity contribution in [2.75, 3.05) is 23.3 Å². The summed E-state index contributed by atoms with van der Waals surface area (Å²) in [5, 5.41) is 10.3. The molecule has 0 bridgehead atoms. The van der Waals surface area contributed by atoms with Gasteiger partial charge in [0.25, 0.3) is 5.91 Å². The van der Waals surface area contributed by atoms with Gasteiger partial charge in [0, 0.05) is 24.7 Å². The number of benzene rings is 2. The Labute approximate surface area is 208 Å². The summed E-state index contributed by atoms with van der Waals surface area (Å²) in [7, 11) is 0. The number of halogens is 2. The van der Waals surface area contributed by atoms with E-state index in [-0.39, 0.29) is 40.0 Å². The average molecular weight is 499 g/mol. The van der Waals surface area contributed by atoms with Crippen molar-refractivity contribution in [3.63, 3.8) is 0 Å². The lowest BCUT2D eigenvalue weighted by Gasteiger charge is -2.35. The van der Waals surface area contributed by atoms with Crippen molar-refractivity contribution in [3.05, 3.63) is 64.9 Å². The van der Waals surface area contributed by atoms with Gasteiger partial charge in [0.05, 0.1) is 10.6 Å². The van der Waals surface area contributed by atoms with E-state index < -0.39 is 5.82 Å². The number of carbonyl (C=O) groups excluding carboxylic acids is 2. The van der Waals surface area contributed by atoms with Gasteiger partial charge in [-0.05, 0) is 56.4 Å². The zero-order valence-corrected chi connectivity index (χ0v) is 20.2. The van der Waals surface area contributed by atoms with Crippen LogP contribution in [0.3, 0.4) is 0 Å². The van der Waals surface area contributed by atoms with E-state index in [1.54, 1.807) is 23.1 Å². The summed E-state index contributed by atoms with van der Waals surface area (Å²) >= 11 is 6.31. The number of hydrogen-bond acceptors (Lipinski definition) is 5. The van der Waals surface area contributed by atoms with Gasteiger partial charge in [-0.1, -0.05) is 47.4 Å². The van der Waals surface area contributed by atoms with Crippen LogP contribution in [0.2, 0.25) is 5.02 Å². The summed E-state index contributed by atoms with van der Waals surface area (Å²) in [5.74, 6) is -0.198. The number of anilines is 2. The third-order valence-electron chi connectivity index (χ3n) is 6.31. The molecule has 184 valence electrons. The molecule has 3 aromatic rings. The molecule has 2 atom stereocenters. The van der Waals surface area contributed by atoms with Crippen LogP contribution in [0.1, 0.15) is 43.0 Å². The third kappa shape index (κ3) is 5.48. The topological polar surface area (TPSA) is 87.5 Å². The van der Waals surface area contributed by atoms with Crippen molar-refractivity contribution in [2.24, 2.45) is 5.92 Å². The van der Waals surface area contributed by atoms with E-state index in [1.165, 1.54) is 12.1 Å². The number of hydrogen-bond donors (Lipinski definition) is 2. The van der Waals surface area contributed by atoms with Gasteiger partial charge in [0.1, 0.15) is 17.2 Å². The largest absolute Gasteiger partial charge is 0.353 e. The molecule has 0 aliphatic heterocycles. The molecule has 4 rings (SSSR count). The zero-order valence-electron chi connectivity index (χ0n) is 19.5. The lowest BCUT2D eigenvalue weighted by molar-refractivity contribution is -0.108. The van der Waals surface area contributed by atoms with Crippen LogP contribution in [0.5, 0.6) is 0 Å². The second-order valence-corrected chi connectivity index (χ2v) is 9.02. The molecule has 1 heterocycles. The minimum Gasteiger partial charge on any atom is -0.353 e. The summed E-state index contributed by atoms with van der Waals surface area (Å²) in [6.07, 6.45) is 4.01. The van der Waals surface area contributed by atoms with Crippen LogP contribution in [-0.4, -0.2) is 36.6 Å². The number of aromatic nitrogens is 1. The van der Waals surface area contributed by atoms with E-state index >= 15 is 0 Å². The van der Waals surface area contributed by atoms with E-state index in [0.717, 1.165) is 25.7 Å². The average Bonchev–Trinajstić information content (AvgIpc) is 3.27. The van der Waals surface area contributed by atoms with Crippen LogP contribution in [0.15, 0.2) is 53.1 Å². The van der Waals surface area contributed by atoms with E-state index in [0.29, 0.717) is 30.8 Å². The predicted octanol–water partition coefficient (Wildman–Crippen LogP) is 5.52. The molecule has 0 saturated heterocycles. The summed E-state index contributed by atoms with van der Waals surface area (Å²) in [6, 6.07) is 13.3. The molecule has 7 nitrogen and oxygen atoms in total. The fraction of sp³-hybridized carbons (Fsp3) is 0.346. The Balaban J connectivity index is 1.57. The molecular formula is C26H28ClFN4O3. The molecule has 2 amide bonds. The van der Waals surface area contributed by atoms with Crippen molar-refractivity contribution >= 4 is 35.5 Å². The molecule has 35 heavy (non-hydrogen) atoms. The van der Waals surface area contributed by atoms with Crippen molar-refractivity contribution in [1.82, 2.24) is 10.5 Å². The molecule has 2 unspecified atom stereocenters. The second kappa shape index (κ2) is 11.4. The van der Waals surface area contributed by atoms with Crippen LogP contribution in [0, 0.1) is 11.7 Å². The first kappa shape index (κ1) is 24.7. The summed E-state index contributed by atoms with van der Waals surface area (Å²) in [6.45, 7) is 2.92. The Morgan fingerprint density at radius 3 is 2.74 bits per heavy atom. The molecule has 0 spiro atoms. The lowest BCUT2D eigenvalue weighted by Crippen LogP contribution is -2.41. The molecule has 1 aromatic heterocycles. The van der Waals surface area contributed by atoms with Gasteiger partial charge in [-0.25, -0.2) is 4.39 Å². The number of carbonyl (C=O) groups is 2. The molecule has 2 aromatic carbocycles. The summed E-state index contributed by atoms with van der Waals surface area (Å²) in [4.78, 5) is 26.4. The van der Waals surface area contributed by atoms with Gasteiger partial charge in [-0.2, -0.15) is 0 Å². The van der Waals surface area contributed by atoms with E-state index in [4.69, 9.17) is 16.1 Å². The van der Waals surface area contributed by atoms with Gasteiger partial charge >= 0.3 is 0 Å². The highest BCUT2D eigenvalue weighted by Crippen LogP contribution is 2.43. The highest BCUT2D eigenvalue weighted by Gasteiger charge is 2.33. The first-order chi connectivity index (χ1) is 17.0. The molecular weight excluding hydrogens is 471 g/mol. The van der Waals surface area contributed by atoms with Crippen LogP contribution < -0.4 is 15.5 Å². The third-order valence-corrected chi connectivity index (χ3v) is 6.63. The van der Waals surface area contributed by atoms with Gasteiger partial charge in [0.2, 0.25) is 12.3 Å². The number of amides is 2. The molecule has 1 fully saturated rings. The molecule has 1 saturated carbocycles. The number of rotatable bonds is 9. The van der Waals surface area contributed by atoms with Crippen molar-refractivity contribution in [3.8, 4) is 11.3 Å². The van der Waals surface area contributed by atoms with Gasteiger partial charge in [0.15, 0.2) is 0 Å². The maximum atomic E-state index is 14.8. The number of nitrogens with one attached hydrogen (secondary N) is 2. The Kier molecular flexibility index (Phi) is 8.02. The van der Waals surface area contributed by atoms with Crippen LogP contribution in [0.25, 0.3) is 11.3 Å². The minimum atomic E-state index is -0.550. The maximum absolute atomic E-state index is 14.8. The SMILES string of the molecule is CCNc1onc(-c2c(F)cccc2Cl)c1N(C=O)C1CCCC(CNC(=O)c2ccccc2)C1. The van der Waals surface area contributed by atoms with E-state index in [2.05, 4.69) is 15.8 Å². The number of nitrogens with zero attached hydrogens (tertiary/aromatic N) is 2. The molecule has 0 radical (unpaired) electrons. The van der Waals surface area contributed by atoms with Gasteiger partial charge in [-0.3, -0.25) is 9.59 Å². The molecule has 1 aliphatic rings. The standard InChI is InChI=1S/C26H28ClFN4O3/c1-2-29-26-24(23(31-35-26)22-20(27)12-7-13-21(22)28)32(16-33)19-11-6-8-17(14-19)15-30-25(34)18-9-4-3-5-10-18/h3-5,7,9-10,12-13,16-17,19,29H,2,6,8,11,14-15H2,1H3,(H,30,34). The van der Waals surface area contributed by atoms with Crippen LogP contribution in [-0.2, 0) is 4.79 Å². The Morgan fingerprint density at radius 1 is 1.23 bits per heavy atom. The quantitative estimate of drug-likeness (QED) is 0.379. The normalized spacial score (nSPS) is 17.6. The molecule has 1 aliphatic carbocycles. The predicted molar refractivity (Wildman–Crippen MR) is 134 cm³/mol. The minimum absolute atomic E-state index is 0.0893. The molecule has 2 N–H and O–H groups in total. The monoisotopic (exact) mass is 498 g/mol. The summed E-state index contributed by atoms with van der Waals surface area (Å²) < 4.78 is 20.3. The second-order valence-electron chi connectivity index (χ2n) is 8.61. The highest BCUT2D eigenvalue weighted by molar-refractivity contribution is 6.33. The fourth-order valence-corrected chi connectivity index (χ4v) is 4.89. The maximum Gasteiger partial charge on any atom is 0.251 e. The van der Waals surface area contributed by atoms with Gasteiger partial charge < -0.3 is 20.1 Å². The van der Waals surface area contributed by atoms with Gasteiger partial charge in [-0.15, -0.1) is 0 Å². The summed E-state index contributed by atoms with van der Waals surface area (Å²) in [5.41, 5.74) is 1.25. The van der Waals surface area contributed by atoms with E-state index in [9.17, 15) is 14.0 Å². The van der Waals surface area contributed by atoms with Crippen LogP contribution >= 0.6 is 11.6 Å². The zero-order chi connectivity index (χ0) is 24.8. The van der Waals surface area contributed by atoms with Crippen molar-refractivity contribution < 1.29 is 18.5 Å². The smallest absolute Gasteiger partial charge is 0.251 e. The first-order valence-electron chi connectivity index (χ1n) is 11.8. The fourth-order valence-electron chi connectivity index (χ4n) is 4.64. The highest BCUT2D eigenvalue weighted by atomic mass is 35.5. The first-order valence-corrected chi connectivity index (χ1v) is 12.2. The lowest BCUT2D eigenvalue weighted by atomic mass is 9.84.